The second-order valence-electron chi connectivity index (χ2n) is 10.1. The fraction of sp³-hybridized carbons (Fsp3) is 0.429. The minimum absolute atomic E-state index is 0.0637. The minimum atomic E-state index is -4.56. The van der Waals surface area contributed by atoms with Crippen LogP contribution in [0, 0.1) is 0 Å². The summed E-state index contributed by atoms with van der Waals surface area (Å²) in [4.78, 5) is 51.5. The number of Topliss-reactive ketones (excluding diaryl/α,β-unsaturated/α-hetero) is 1. The molecular formula is C28H32F3N5O6. The Kier molecular flexibility index (Phi) is 9.24. The third kappa shape index (κ3) is 7.11. The van der Waals surface area contributed by atoms with Crippen molar-refractivity contribution in [2.24, 2.45) is 0 Å². The number of hydrogen-bond donors (Lipinski definition) is 4. The summed E-state index contributed by atoms with van der Waals surface area (Å²) < 4.78 is 49.7. The van der Waals surface area contributed by atoms with Gasteiger partial charge in [0.15, 0.2) is 5.78 Å². The Morgan fingerprint density at radius 3 is 2.33 bits per heavy atom. The third-order valence-electron chi connectivity index (χ3n) is 7.37. The number of unbranched alkanes of at least 4 members (excludes halogenated alkanes) is 1. The number of ether oxygens (including phenoxy) is 2. The number of ketones is 1. The van der Waals surface area contributed by atoms with E-state index < -0.39 is 29.3 Å². The van der Waals surface area contributed by atoms with Crippen LogP contribution in [-0.4, -0.2) is 68.0 Å². The van der Waals surface area contributed by atoms with Gasteiger partial charge in [0.2, 0.25) is 0 Å². The van der Waals surface area contributed by atoms with Gasteiger partial charge < -0.3 is 30.3 Å². The molecule has 14 heteroatoms. The predicted molar refractivity (Wildman–Crippen MR) is 147 cm³/mol. The van der Waals surface area contributed by atoms with Gasteiger partial charge in [0, 0.05) is 31.3 Å². The number of alkyl halides is 3. The summed E-state index contributed by atoms with van der Waals surface area (Å²) in [5.41, 5.74) is -1.45. The van der Waals surface area contributed by atoms with Crippen molar-refractivity contribution in [2.45, 2.75) is 43.8 Å². The van der Waals surface area contributed by atoms with Gasteiger partial charge in [0.25, 0.3) is 5.91 Å². The summed E-state index contributed by atoms with van der Waals surface area (Å²) in [5.74, 6) is -0.0662. The molecule has 11 nitrogen and oxygen atoms in total. The van der Waals surface area contributed by atoms with Gasteiger partial charge in [-0.2, -0.15) is 13.2 Å². The van der Waals surface area contributed by atoms with Gasteiger partial charge >= 0.3 is 18.2 Å². The van der Waals surface area contributed by atoms with E-state index in [9.17, 15) is 32.3 Å². The van der Waals surface area contributed by atoms with Crippen molar-refractivity contribution in [3.05, 3.63) is 47.5 Å². The number of carbonyl (C=O) groups is 4. The average Bonchev–Trinajstić information content (AvgIpc) is 3.22. The molecule has 2 aliphatic rings. The zero-order valence-electron chi connectivity index (χ0n) is 23.2. The monoisotopic (exact) mass is 591 g/mol. The smallest absolute Gasteiger partial charge is 0.416 e. The van der Waals surface area contributed by atoms with Crippen molar-refractivity contribution in [1.29, 1.82) is 0 Å². The van der Waals surface area contributed by atoms with Crippen LogP contribution in [0.15, 0.2) is 36.4 Å². The van der Waals surface area contributed by atoms with E-state index in [0.29, 0.717) is 32.4 Å². The van der Waals surface area contributed by atoms with Crippen molar-refractivity contribution in [2.75, 3.05) is 44.5 Å². The van der Waals surface area contributed by atoms with E-state index in [2.05, 4.69) is 26.2 Å². The molecule has 0 saturated carbocycles. The first-order chi connectivity index (χ1) is 19.9. The number of hydrogen-bond acceptors (Lipinski definition) is 7. The van der Waals surface area contributed by atoms with Gasteiger partial charge in [-0.25, -0.2) is 9.59 Å². The first-order valence-corrected chi connectivity index (χ1v) is 13.3. The van der Waals surface area contributed by atoms with E-state index in [0.717, 1.165) is 25.1 Å². The topological polar surface area (TPSA) is 138 Å². The first kappa shape index (κ1) is 30.6. The van der Waals surface area contributed by atoms with E-state index in [4.69, 9.17) is 9.47 Å². The number of nitrogens with one attached hydrogen (secondary N) is 4. The third-order valence-corrected chi connectivity index (χ3v) is 7.37. The number of anilines is 2. The number of piperidine rings is 1. The van der Waals surface area contributed by atoms with Gasteiger partial charge in [0.1, 0.15) is 17.0 Å². The maximum absolute atomic E-state index is 13.1. The highest BCUT2D eigenvalue weighted by Gasteiger charge is 2.47. The maximum Gasteiger partial charge on any atom is 0.416 e. The molecule has 42 heavy (non-hydrogen) atoms. The summed E-state index contributed by atoms with van der Waals surface area (Å²) in [6, 6.07) is 5.78. The van der Waals surface area contributed by atoms with E-state index in [1.54, 1.807) is 0 Å². The Hall–Kier alpha value is -4.33. The van der Waals surface area contributed by atoms with Gasteiger partial charge in [-0.15, -0.1) is 0 Å². The number of amides is 5. The SMILES string of the molecule is COc1cc(OC)c(C(=O)CCCCN2CCC3(CC2)NC(=O)NC3=O)cc1NC(=O)Nc1cccc(C(F)(F)F)c1. The molecule has 0 aromatic heterocycles. The molecule has 2 saturated heterocycles. The molecule has 226 valence electrons. The van der Waals surface area contributed by atoms with Crippen LogP contribution in [0.4, 0.5) is 34.1 Å². The summed E-state index contributed by atoms with van der Waals surface area (Å²) in [7, 11) is 2.76. The lowest BCUT2D eigenvalue weighted by atomic mass is 9.87. The molecule has 0 aliphatic carbocycles. The Bertz CT molecular complexity index is 1360. The molecule has 4 N–H and O–H groups in total. The normalized spacial score (nSPS) is 16.5. The highest BCUT2D eigenvalue weighted by molar-refractivity contribution is 6.07. The first-order valence-electron chi connectivity index (χ1n) is 13.3. The van der Waals surface area contributed by atoms with E-state index in [1.807, 2.05) is 0 Å². The lowest BCUT2D eigenvalue weighted by Gasteiger charge is -2.36. The van der Waals surface area contributed by atoms with Crippen molar-refractivity contribution in [3.8, 4) is 11.5 Å². The fourth-order valence-electron chi connectivity index (χ4n) is 5.07. The zero-order chi connectivity index (χ0) is 30.5. The predicted octanol–water partition coefficient (Wildman–Crippen LogP) is 4.39. The average molecular weight is 592 g/mol. The number of halogens is 3. The number of methoxy groups -OCH3 is 2. The molecule has 0 unspecified atom stereocenters. The number of imide groups is 1. The lowest BCUT2D eigenvalue weighted by Crippen LogP contribution is -2.54. The van der Waals surface area contributed by atoms with Crippen LogP contribution in [0.25, 0.3) is 0 Å². The highest BCUT2D eigenvalue weighted by atomic mass is 19.4. The standard InChI is InChI=1S/C28H32F3N5O6/c1-41-22-16-23(42-2)20(33-25(39)32-18-7-5-6-17(14-18)28(29,30)31)15-19(22)21(37)8-3-4-11-36-12-9-27(10-13-36)24(38)34-26(40)35-27/h5-7,14-16H,3-4,8-13H2,1-2H3,(H2,32,33,39)(H2,34,35,38,40). The fourth-order valence-corrected chi connectivity index (χ4v) is 5.07. The molecule has 0 radical (unpaired) electrons. The van der Waals surface area contributed by atoms with Gasteiger partial charge in [-0.3, -0.25) is 14.9 Å². The number of carbonyl (C=O) groups excluding carboxylic acids is 4. The summed E-state index contributed by atoms with van der Waals surface area (Å²) in [6.07, 6.45) is -2.03. The van der Waals surface area contributed by atoms with Crippen molar-refractivity contribution in [3.63, 3.8) is 0 Å². The van der Waals surface area contributed by atoms with E-state index >= 15 is 0 Å². The van der Waals surface area contributed by atoms with Crippen molar-refractivity contribution < 1.29 is 41.8 Å². The minimum Gasteiger partial charge on any atom is -0.496 e. The molecule has 2 aromatic rings. The molecular weight excluding hydrogens is 559 g/mol. The van der Waals surface area contributed by atoms with Crippen molar-refractivity contribution >= 4 is 35.1 Å². The molecule has 0 atom stereocenters. The molecule has 1 spiro atoms. The number of rotatable bonds is 10. The van der Waals surface area contributed by atoms with Crippen LogP contribution in [-0.2, 0) is 11.0 Å². The molecule has 5 amide bonds. The van der Waals surface area contributed by atoms with Crippen LogP contribution >= 0.6 is 0 Å². The molecule has 0 bridgehead atoms. The highest BCUT2D eigenvalue weighted by Crippen LogP contribution is 2.35. The molecule has 4 rings (SSSR count). The second-order valence-corrected chi connectivity index (χ2v) is 10.1. The Labute approximate surface area is 240 Å². The zero-order valence-corrected chi connectivity index (χ0v) is 23.2. The van der Waals surface area contributed by atoms with Crippen molar-refractivity contribution in [1.82, 2.24) is 15.5 Å². The summed E-state index contributed by atoms with van der Waals surface area (Å²) in [5, 5.41) is 9.91. The van der Waals surface area contributed by atoms with Crippen LogP contribution in [0.1, 0.15) is 48.0 Å². The number of urea groups is 2. The van der Waals surface area contributed by atoms with Gasteiger partial charge in [-0.05, 0) is 56.5 Å². The summed E-state index contributed by atoms with van der Waals surface area (Å²) >= 11 is 0. The second kappa shape index (κ2) is 12.7. The van der Waals surface area contributed by atoms with Gasteiger partial charge in [-0.1, -0.05) is 6.07 Å². The van der Waals surface area contributed by atoms with Crippen LogP contribution in [0.3, 0.4) is 0 Å². The largest absolute Gasteiger partial charge is 0.496 e. The van der Waals surface area contributed by atoms with Crippen LogP contribution in [0.2, 0.25) is 0 Å². The Morgan fingerprint density at radius 2 is 1.71 bits per heavy atom. The number of likely N-dealkylation sites (tertiary alicyclic amines) is 1. The quantitative estimate of drug-likeness (QED) is 0.183. The maximum atomic E-state index is 13.1. The molecule has 2 aromatic carbocycles. The molecule has 2 aliphatic heterocycles. The number of benzene rings is 2. The summed E-state index contributed by atoms with van der Waals surface area (Å²) in [6.45, 7) is 2.01. The van der Waals surface area contributed by atoms with Gasteiger partial charge in [0.05, 0.1) is 31.0 Å². The van der Waals surface area contributed by atoms with E-state index in [-0.39, 0.29) is 46.5 Å². The Balaban J connectivity index is 1.33. The lowest BCUT2D eigenvalue weighted by molar-refractivity contribution is -0.137. The molecule has 2 heterocycles. The van der Waals surface area contributed by atoms with E-state index in [1.165, 1.54) is 38.5 Å². The van der Waals surface area contributed by atoms with Crippen LogP contribution in [0.5, 0.6) is 11.5 Å². The number of nitrogens with zero attached hydrogens (tertiary/aromatic N) is 1. The molecule has 2 fully saturated rings. The Morgan fingerprint density at radius 1 is 1.00 bits per heavy atom. The van der Waals surface area contributed by atoms with Crippen LogP contribution < -0.4 is 30.7 Å².